The highest BCUT2D eigenvalue weighted by atomic mass is 33.1. The molecular weight excluding hydrogens is 1430 g/mol. The predicted octanol–water partition coefficient (Wildman–Crippen LogP) is -10.3. The van der Waals surface area contributed by atoms with Gasteiger partial charge in [-0.3, -0.25) is 82.3 Å². The van der Waals surface area contributed by atoms with Crippen molar-refractivity contribution in [2.75, 3.05) is 57.4 Å². The van der Waals surface area contributed by atoms with Gasteiger partial charge in [0.1, 0.15) is 78.3 Å². The number of carboxylic acids is 2. The molecule has 45 heteroatoms. The minimum absolute atomic E-state index is 0.0122. The van der Waals surface area contributed by atoms with Crippen LogP contribution in [0.3, 0.4) is 0 Å². The maximum absolute atomic E-state index is 15.1. The molecule has 0 aliphatic carbocycles. The van der Waals surface area contributed by atoms with Crippen molar-refractivity contribution in [1.29, 1.82) is 0 Å². The lowest BCUT2D eigenvalue weighted by Crippen LogP contribution is -2.61. The highest BCUT2D eigenvalue weighted by molar-refractivity contribution is 8.76. The molecule has 0 aromatic heterocycles. The fraction of sp³-hybridized carbons (Fsp3) is 0.574. The maximum atomic E-state index is 15.1. The summed E-state index contributed by atoms with van der Waals surface area (Å²) < 4.78 is 0. The first-order valence-corrected chi connectivity index (χ1v) is 36.1. The molecule has 1 saturated heterocycles. The Morgan fingerprint density at radius 2 is 1.01 bits per heavy atom. The minimum atomic E-state index is -2.04. The third kappa shape index (κ3) is 31.2. The summed E-state index contributed by atoms with van der Waals surface area (Å²) in [6.45, 7) is -2.60. The van der Waals surface area contributed by atoms with Crippen LogP contribution in [0.2, 0.25) is 0 Å². The lowest BCUT2D eigenvalue weighted by Gasteiger charge is -2.30. The van der Waals surface area contributed by atoms with Crippen LogP contribution < -0.4 is 110 Å². The lowest BCUT2D eigenvalue weighted by molar-refractivity contribution is -0.146. The Morgan fingerprint density at radius 1 is 0.547 bits per heavy atom. The van der Waals surface area contributed by atoms with Crippen LogP contribution in [0.1, 0.15) is 89.0 Å². The number of aliphatic carboxylic acids is 2. The first-order valence-electron chi connectivity index (χ1n) is 33.6. The topological polar surface area (TPSA) is 739 Å². The summed E-state index contributed by atoms with van der Waals surface area (Å²) in [6.07, 6.45) is -1.21. The molecule has 2 bridgehead atoms. The molecule has 43 nitrogen and oxygen atoms in total. The Labute approximate surface area is 615 Å². The second kappa shape index (κ2) is 45.3. The maximum Gasteiger partial charge on any atom is 0.326 e. The van der Waals surface area contributed by atoms with E-state index in [1.54, 1.807) is 0 Å². The van der Waals surface area contributed by atoms with Crippen LogP contribution in [0, 0.1) is 0 Å². The van der Waals surface area contributed by atoms with Crippen molar-refractivity contribution in [3.8, 4) is 5.75 Å². The summed E-state index contributed by atoms with van der Waals surface area (Å²) in [7, 11) is 1.45. The predicted molar refractivity (Wildman–Crippen MR) is 387 cm³/mol. The molecule has 0 radical (unpaired) electrons. The van der Waals surface area contributed by atoms with Gasteiger partial charge >= 0.3 is 11.9 Å². The van der Waals surface area contributed by atoms with E-state index < -0.39 is 199 Å². The molecule has 586 valence electrons. The molecule has 0 spiro atoms. The van der Waals surface area contributed by atoms with E-state index in [-0.39, 0.29) is 133 Å². The number of amides is 12. The van der Waals surface area contributed by atoms with Gasteiger partial charge in [-0.2, -0.15) is 0 Å². The fourth-order valence-corrected chi connectivity index (χ4v) is 13.1. The molecule has 106 heavy (non-hydrogen) atoms. The quantitative estimate of drug-likeness (QED) is 0.0135. The molecule has 12 atom stereocenters. The van der Waals surface area contributed by atoms with E-state index in [4.69, 9.17) is 51.6 Å². The van der Waals surface area contributed by atoms with E-state index in [2.05, 4.69) is 78.5 Å². The van der Waals surface area contributed by atoms with Crippen LogP contribution in [0.4, 0.5) is 0 Å². The van der Waals surface area contributed by atoms with E-state index in [0.29, 0.717) is 5.56 Å². The zero-order valence-corrected chi connectivity index (χ0v) is 59.5. The Morgan fingerprint density at radius 3 is 1.56 bits per heavy atom. The number of aliphatic hydroxyl groups excluding tert-OH is 1. The number of carbonyl (C=O) groups excluding carboxylic acids is 12. The summed E-state index contributed by atoms with van der Waals surface area (Å²) in [5.41, 5.74) is 50.5. The Balaban J connectivity index is 2.08. The summed E-state index contributed by atoms with van der Waals surface area (Å²) in [6, 6.07) is -15.5. The van der Waals surface area contributed by atoms with E-state index >= 15 is 14.4 Å². The number of aliphatic imine (C=N–C) groups is 4. The number of aliphatic hydroxyl groups is 1. The van der Waals surface area contributed by atoms with Gasteiger partial charge in [0, 0.05) is 50.7 Å². The largest absolute Gasteiger partial charge is 0.508 e. The van der Waals surface area contributed by atoms with Crippen LogP contribution in [0.25, 0.3) is 0 Å². The molecule has 1 aromatic carbocycles. The van der Waals surface area contributed by atoms with Crippen LogP contribution in [-0.4, -0.2) is 262 Å². The number of nitrogens with zero attached hydrogens (tertiary/aromatic N) is 5. The molecule has 3 aliphatic heterocycles. The van der Waals surface area contributed by atoms with Crippen molar-refractivity contribution in [2.45, 2.75) is 162 Å². The average molecular weight is 1530 g/mol. The van der Waals surface area contributed by atoms with Gasteiger partial charge in [0.2, 0.25) is 70.9 Å². The van der Waals surface area contributed by atoms with E-state index in [1.807, 2.05) is 0 Å². The average Bonchev–Trinajstić information content (AvgIpc) is 1.65. The summed E-state index contributed by atoms with van der Waals surface area (Å²) in [4.78, 5) is 217. The zero-order chi connectivity index (χ0) is 78.6. The normalized spacial score (nSPS) is 24.2. The molecule has 0 unspecified atom stereocenters. The third-order valence-corrected chi connectivity index (χ3v) is 18.6. The first kappa shape index (κ1) is 87.4. The smallest absolute Gasteiger partial charge is 0.326 e. The summed E-state index contributed by atoms with van der Waals surface area (Å²) in [5, 5.41) is 68.6. The van der Waals surface area contributed by atoms with Gasteiger partial charge in [-0.25, -0.2) is 4.79 Å². The van der Waals surface area contributed by atoms with Gasteiger partial charge in [-0.15, -0.1) is 0 Å². The van der Waals surface area contributed by atoms with Gasteiger partial charge in [-0.05, 0) is 94.7 Å². The molecular formula is C61H97N25O18S2. The number of carboxylic acid groups (broad SMARTS) is 2. The van der Waals surface area contributed by atoms with Crippen LogP contribution >= 0.6 is 21.6 Å². The van der Waals surface area contributed by atoms with Gasteiger partial charge in [0.05, 0.1) is 19.6 Å². The molecule has 4 rings (SSSR count). The second-order valence-corrected chi connectivity index (χ2v) is 27.0. The number of guanidine groups is 4. The molecule has 33 N–H and O–H groups in total. The number of phenols is 1. The number of benzene rings is 1. The van der Waals surface area contributed by atoms with Crippen molar-refractivity contribution >= 4 is 128 Å². The van der Waals surface area contributed by atoms with Gasteiger partial charge in [0.25, 0.3) is 0 Å². The minimum Gasteiger partial charge on any atom is -0.508 e. The second-order valence-electron chi connectivity index (χ2n) is 24.4. The van der Waals surface area contributed by atoms with E-state index in [0.717, 1.165) is 26.5 Å². The number of fused-ring (bicyclic) bond motifs is 8. The standard InChI is InChI=1S/C61H97N25O18S2/c62-26-44(89)75-32-8-1-2-9-33-47(93)77-34(10-3-19-71-58(63)64)49(95)81-38(24-30-15-17-31(88)18-16-30)51(97)78-35(11-4-20-72-59(65)66)50(96)85-41(53(99)80-37(57(103)104)13-6-22-74-61(69)70)28-105-106-29-42(84-46(32)92)54(100)83-40(27-87)52(98)82-39(25-45(90)91)56(102)86-23-7-14-43(86)55(101)79-36(48(94)76-33)12-5-21-73-60(67)68/h1-2,15-18,32-43,87-88H,3-14,19-29,62H2,(H,75,89)(H,76,94)(H,77,93)(H,78,97)(H,79,101)(H,80,99)(H,81,95)(H,82,98)(H,83,100)(H,84,92)(H,85,96)(H,90,91)(H,103,104)(H4,63,64,71)(H4,65,66,72)(H4,67,68,73)(H4,69,70,74)/b2-1+/t32-,33-,34-,35-,36-,37-,38-,39-,40-,41-,42-,43-/m0/s1. The zero-order valence-electron chi connectivity index (χ0n) is 57.9. The fourth-order valence-electron chi connectivity index (χ4n) is 10.7. The van der Waals surface area contributed by atoms with Crippen molar-refractivity contribution in [2.24, 2.45) is 71.6 Å². The number of rotatable bonds is 26. The molecule has 1 aromatic rings. The number of carbonyl (C=O) groups is 14. The highest BCUT2D eigenvalue weighted by Gasteiger charge is 2.42. The van der Waals surface area contributed by atoms with Crippen molar-refractivity contribution < 1.29 is 87.5 Å². The summed E-state index contributed by atoms with van der Waals surface area (Å²) in [5.74, 6) is -19.1. The number of nitrogens with two attached hydrogens (primary N) is 9. The number of aromatic hydroxyl groups is 1. The Kier molecular flexibility index (Phi) is 37.4. The number of nitrogens with one attached hydrogen (secondary N) is 11. The van der Waals surface area contributed by atoms with Crippen molar-refractivity contribution in [3.05, 3.63) is 42.0 Å². The molecule has 12 amide bonds. The Bertz CT molecular complexity index is 3410. The number of phenolic OH excluding ortho intramolecular Hbond substituents is 1. The van der Waals surface area contributed by atoms with Gasteiger partial charge in [-0.1, -0.05) is 45.9 Å². The van der Waals surface area contributed by atoms with Crippen LogP contribution in [-0.2, 0) is 73.5 Å². The molecule has 3 heterocycles. The van der Waals surface area contributed by atoms with Crippen LogP contribution in [0.5, 0.6) is 5.75 Å². The lowest BCUT2D eigenvalue weighted by atomic mass is 10.0. The molecule has 0 saturated carbocycles. The third-order valence-electron chi connectivity index (χ3n) is 16.2. The van der Waals surface area contributed by atoms with Gasteiger partial charge < -0.3 is 135 Å². The SMILES string of the molecule is NCC(=O)N[C@H]1C/C=C/C[C@@H]2NC(=O)[C@H](CCCN=C(N)N)NC(=O)[C@@H]3CCCN3C(=O)[C@H](CC(=O)O)NC(=O)[C@H](CO)NC(=O)[C@H](CSSC[C@@H](C(=O)N[C@@H](CCCN=C(N)N)C(=O)O)NC(=O)[C@H](CCCN=C(N)N)NC(=O)[C@H](Cc3ccc(O)cc3)NC(=O)[C@H](CCCN=C(N)N)NC2=O)NC1=O. The van der Waals surface area contributed by atoms with Crippen molar-refractivity contribution in [3.63, 3.8) is 0 Å². The molecule has 1 fully saturated rings. The number of hydrogen-bond acceptors (Lipinski definition) is 23. The summed E-state index contributed by atoms with van der Waals surface area (Å²) >= 11 is 0. The first-order chi connectivity index (χ1) is 50.3. The van der Waals surface area contributed by atoms with E-state index in [9.17, 15) is 73.2 Å². The Hall–Kier alpha value is -11.0. The van der Waals surface area contributed by atoms with E-state index in [1.165, 1.54) is 36.4 Å². The molecule has 3 aliphatic rings. The van der Waals surface area contributed by atoms with Crippen molar-refractivity contribution in [1.82, 2.24) is 63.4 Å². The highest BCUT2D eigenvalue weighted by Crippen LogP contribution is 2.25. The van der Waals surface area contributed by atoms with Crippen LogP contribution in [0.15, 0.2) is 56.4 Å². The number of hydrogen-bond donors (Lipinski definition) is 24. The van der Waals surface area contributed by atoms with Gasteiger partial charge in [0.15, 0.2) is 23.8 Å². The monoisotopic (exact) mass is 1530 g/mol.